The first kappa shape index (κ1) is 15.1. The van der Waals surface area contributed by atoms with Gasteiger partial charge in [-0.15, -0.1) is 0 Å². The highest BCUT2D eigenvalue weighted by molar-refractivity contribution is 5.75. The first-order valence-electron chi connectivity index (χ1n) is 6.68. The van der Waals surface area contributed by atoms with Gasteiger partial charge in [0.05, 0.1) is 17.4 Å². The van der Waals surface area contributed by atoms with Gasteiger partial charge in [0.1, 0.15) is 0 Å². The number of hydrogen-bond donors (Lipinski definition) is 1. The molecule has 7 nitrogen and oxygen atoms in total. The van der Waals surface area contributed by atoms with E-state index in [0.29, 0.717) is 13.0 Å². The Morgan fingerprint density at radius 3 is 2.81 bits per heavy atom. The number of anilines is 1. The molecule has 0 saturated carbocycles. The fourth-order valence-corrected chi connectivity index (χ4v) is 2.65. The number of nitro groups is 1. The van der Waals surface area contributed by atoms with E-state index in [4.69, 9.17) is 4.74 Å². The van der Waals surface area contributed by atoms with Crippen molar-refractivity contribution in [2.45, 2.75) is 19.8 Å². The zero-order valence-corrected chi connectivity index (χ0v) is 12.0. The van der Waals surface area contributed by atoms with Crippen LogP contribution < -0.4 is 9.64 Å². The molecular weight excluding hydrogens is 276 g/mol. The molecule has 1 aliphatic rings. The van der Waals surface area contributed by atoms with E-state index in [0.717, 1.165) is 18.7 Å². The molecule has 0 aliphatic carbocycles. The monoisotopic (exact) mass is 294 g/mol. The van der Waals surface area contributed by atoms with E-state index in [1.54, 1.807) is 19.1 Å². The number of carbonyl (C=O) groups is 1. The number of piperidine rings is 1. The van der Waals surface area contributed by atoms with Crippen molar-refractivity contribution >= 4 is 17.3 Å². The lowest BCUT2D eigenvalue weighted by atomic mass is 9.82. The molecule has 1 aromatic carbocycles. The molecule has 1 fully saturated rings. The number of carboxylic acids is 1. The second-order valence-corrected chi connectivity index (χ2v) is 5.50. The van der Waals surface area contributed by atoms with Crippen LogP contribution in [0.1, 0.15) is 19.8 Å². The van der Waals surface area contributed by atoms with Gasteiger partial charge in [0.2, 0.25) is 0 Å². The summed E-state index contributed by atoms with van der Waals surface area (Å²) in [5.41, 5.74) is -0.156. The SMILES string of the molecule is COc1cc(N2CCCC(C)(C(=O)O)C2)ccc1[N+](=O)[O-]. The molecule has 1 N–H and O–H groups in total. The third-order valence-corrected chi connectivity index (χ3v) is 3.94. The largest absolute Gasteiger partial charge is 0.490 e. The Labute approximate surface area is 122 Å². The minimum Gasteiger partial charge on any atom is -0.490 e. The van der Waals surface area contributed by atoms with E-state index < -0.39 is 16.3 Å². The van der Waals surface area contributed by atoms with Gasteiger partial charge in [-0.25, -0.2) is 0 Å². The molecule has 114 valence electrons. The van der Waals surface area contributed by atoms with Crippen molar-refractivity contribution in [1.29, 1.82) is 0 Å². The van der Waals surface area contributed by atoms with Gasteiger partial charge in [-0.1, -0.05) is 0 Å². The maximum Gasteiger partial charge on any atom is 0.311 e. The van der Waals surface area contributed by atoms with E-state index in [1.807, 2.05) is 4.90 Å². The number of aliphatic carboxylic acids is 1. The van der Waals surface area contributed by atoms with Crippen molar-refractivity contribution in [1.82, 2.24) is 0 Å². The minimum atomic E-state index is -0.818. The third-order valence-electron chi connectivity index (χ3n) is 3.94. The van der Waals surface area contributed by atoms with Gasteiger partial charge in [-0.2, -0.15) is 0 Å². The summed E-state index contributed by atoms with van der Waals surface area (Å²) in [6.07, 6.45) is 1.39. The van der Waals surface area contributed by atoms with Crippen molar-refractivity contribution in [3.05, 3.63) is 28.3 Å². The van der Waals surface area contributed by atoms with Crippen LogP contribution in [-0.4, -0.2) is 36.2 Å². The van der Waals surface area contributed by atoms with Crippen molar-refractivity contribution in [2.75, 3.05) is 25.1 Å². The summed E-state index contributed by atoms with van der Waals surface area (Å²) in [6, 6.07) is 4.61. The van der Waals surface area contributed by atoms with Crippen LogP contribution >= 0.6 is 0 Å². The normalized spacial score (nSPS) is 21.9. The molecule has 21 heavy (non-hydrogen) atoms. The number of hydrogen-bond acceptors (Lipinski definition) is 5. The van der Waals surface area contributed by atoms with E-state index in [9.17, 15) is 20.0 Å². The van der Waals surface area contributed by atoms with E-state index in [2.05, 4.69) is 0 Å². The smallest absolute Gasteiger partial charge is 0.311 e. The van der Waals surface area contributed by atoms with Crippen LogP contribution in [0.15, 0.2) is 18.2 Å². The lowest BCUT2D eigenvalue weighted by Gasteiger charge is -2.38. The first-order valence-corrected chi connectivity index (χ1v) is 6.68. The molecule has 0 spiro atoms. The van der Waals surface area contributed by atoms with Crippen molar-refractivity contribution < 1.29 is 19.6 Å². The molecule has 0 aromatic heterocycles. The quantitative estimate of drug-likeness (QED) is 0.676. The lowest BCUT2D eigenvalue weighted by molar-refractivity contribution is -0.385. The Morgan fingerprint density at radius 1 is 1.52 bits per heavy atom. The highest BCUT2D eigenvalue weighted by Gasteiger charge is 2.38. The highest BCUT2D eigenvalue weighted by atomic mass is 16.6. The minimum absolute atomic E-state index is 0.0979. The summed E-state index contributed by atoms with van der Waals surface area (Å²) in [7, 11) is 1.38. The number of carboxylic acid groups (broad SMARTS) is 1. The standard InChI is InChI=1S/C14H18N2O5/c1-14(13(17)18)6-3-7-15(9-14)10-4-5-11(16(19)20)12(8-10)21-2/h4-5,8H,3,6-7,9H2,1-2H3,(H,17,18). The summed E-state index contributed by atoms with van der Waals surface area (Å²) in [4.78, 5) is 23.7. The second-order valence-electron chi connectivity index (χ2n) is 5.50. The molecule has 7 heteroatoms. The molecule has 1 saturated heterocycles. The number of nitrogens with zero attached hydrogens (tertiary/aromatic N) is 2. The topological polar surface area (TPSA) is 92.9 Å². The summed E-state index contributed by atoms with van der Waals surface area (Å²) in [5, 5.41) is 20.2. The van der Waals surface area contributed by atoms with Crippen LogP contribution in [0.25, 0.3) is 0 Å². The summed E-state index contributed by atoms with van der Waals surface area (Å²) >= 11 is 0. The molecule has 1 aromatic rings. The Bertz CT molecular complexity index is 574. The molecule has 0 radical (unpaired) electrons. The summed E-state index contributed by atoms with van der Waals surface area (Å²) < 4.78 is 5.05. The average Bonchev–Trinajstić information content (AvgIpc) is 2.46. The van der Waals surface area contributed by atoms with Crippen molar-refractivity contribution in [2.24, 2.45) is 5.41 Å². The average molecular weight is 294 g/mol. The summed E-state index contributed by atoms with van der Waals surface area (Å²) in [5.74, 6) is -0.638. The maximum absolute atomic E-state index is 11.4. The number of ether oxygens (including phenoxy) is 1. The van der Waals surface area contributed by atoms with E-state index in [1.165, 1.54) is 13.2 Å². The fourth-order valence-electron chi connectivity index (χ4n) is 2.65. The van der Waals surface area contributed by atoms with Gasteiger partial charge in [0, 0.05) is 30.9 Å². The lowest BCUT2D eigenvalue weighted by Crippen LogP contribution is -2.46. The van der Waals surface area contributed by atoms with Crippen LogP contribution in [0.5, 0.6) is 5.75 Å². The molecule has 1 heterocycles. The molecular formula is C14H18N2O5. The van der Waals surface area contributed by atoms with Crippen molar-refractivity contribution in [3.63, 3.8) is 0 Å². The Balaban J connectivity index is 2.30. The molecule has 2 rings (SSSR count). The number of benzene rings is 1. The van der Waals surface area contributed by atoms with Crippen LogP contribution in [0.4, 0.5) is 11.4 Å². The molecule has 1 atom stereocenters. The van der Waals surface area contributed by atoms with Crippen LogP contribution in [-0.2, 0) is 4.79 Å². The van der Waals surface area contributed by atoms with Gasteiger partial charge in [-0.05, 0) is 25.8 Å². The van der Waals surface area contributed by atoms with Gasteiger partial charge in [0.25, 0.3) is 0 Å². The number of methoxy groups -OCH3 is 1. The molecule has 1 aliphatic heterocycles. The van der Waals surface area contributed by atoms with E-state index in [-0.39, 0.29) is 11.4 Å². The first-order chi connectivity index (χ1) is 9.87. The maximum atomic E-state index is 11.4. The predicted octanol–water partition coefficient (Wildman–Crippen LogP) is 2.29. The molecule has 0 amide bonds. The van der Waals surface area contributed by atoms with Crippen LogP contribution in [0, 0.1) is 15.5 Å². The summed E-state index contributed by atoms with van der Waals surface area (Å²) in [6.45, 7) is 2.83. The predicted molar refractivity (Wildman–Crippen MR) is 76.8 cm³/mol. The van der Waals surface area contributed by atoms with Gasteiger partial charge >= 0.3 is 11.7 Å². The van der Waals surface area contributed by atoms with E-state index >= 15 is 0 Å². The number of rotatable bonds is 4. The number of nitro benzene ring substituents is 1. The van der Waals surface area contributed by atoms with Gasteiger partial charge < -0.3 is 14.7 Å². The highest BCUT2D eigenvalue weighted by Crippen LogP contribution is 2.36. The Morgan fingerprint density at radius 2 is 2.24 bits per heavy atom. The Hall–Kier alpha value is -2.31. The second kappa shape index (κ2) is 5.59. The van der Waals surface area contributed by atoms with Gasteiger partial charge in [-0.3, -0.25) is 14.9 Å². The Kier molecular flexibility index (Phi) is 4.02. The molecule has 0 bridgehead atoms. The zero-order valence-electron chi connectivity index (χ0n) is 12.0. The van der Waals surface area contributed by atoms with Gasteiger partial charge in [0.15, 0.2) is 5.75 Å². The fraction of sp³-hybridized carbons (Fsp3) is 0.500. The van der Waals surface area contributed by atoms with Crippen LogP contribution in [0.3, 0.4) is 0 Å². The zero-order chi connectivity index (χ0) is 15.6. The molecule has 1 unspecified atom stereocenters. The van der Waals surface area contributed by atoms with Crippen LogP contribution in [0.2, 0.25) is 0 Å². The van der Waals surface area contributed by atoms with Crippen molar-refractivity contribution in [3.8, 4) is 5.75 Å². The third kappa shape index (κ3) is 2.91.